The molecule has 0 saturated heterocycles. The summed E-state index contributed by atoms with van der Waals surface area (Å²) in [5, 5.41) is 9.93. The molecular weight excluding hydrogens is 479 g/mol. The largest absolute Gasteiger partial charge is 0.433 e. The highest BCUT2D eigenvalue weighted by molar-refractivity contribution is 6.05. The number of amides is 3. The van der Waals surface area contributed by atoms with Crippen molar-refractivity contribution in [1.82, 2.24) is 20.1 Å². The lowest BCUT2D eigenvalue weighted by Gasteiger charge is -2.14. The predicted molar refractivity (Wildman–Crippen MR) is 124 cm³/mol. The van der Waals surface area contributed by atoms with E-state index in [4.69, 9.17) is 11.5 Å². The minimum absolute atomic E-state index is 0.0207. The first kappa shape index (κ1) is 24.9. The molecule has 13 heteroatoms. The third-order valence-corrected chi connectivity index (χ3v) is 5.99. The zero-order valence-corrected chi connectivity index (χ0v) is 19.0. The Morgan fingerprint density at radius 2 is 1.89 bits per heavy atom. The number of aromatic nitrogens is 3. The van der Waals surface area contributed by atoms with Crippen molar-refractivity contribution >= 4 is 40.1 Å². The lowest BCUT2D eigenvalue weighted by molar-refractivity contribution is -0.141. The summed E-state index contributed by atoms with van der Waals surface area (Å²) in [5.74, 6) is -1.71. The molecule has 2 heterocycles. The van der Waals surface area contributed by atoms with Gasteiger partial charge in [0.05, 0.1) is 5.52 Å². The Balaban J connectivity index is 1.31. The van der Waals surface area contributed by atoms with E-state index in [1.54, 1.807) is 18.2 Å². The fourth-order valence-electron chi connectivity index (χ4n) is 4.42. The summed E-state index contributed by atoms with van der Waals surface area (Å²) in [5.41, 5.74) is 11.1. The van der Waals surface area contributed by atoms with E-state index in [1.165, 1.54) is 16.8 Å². The molecule has 1 fully saturated rings. The van der Waals surface area contributed by atoms with Gasteiger partial charge in [-0.1, -0.05) is 6.07 Å². The smallest absolute Gasteiger partial charge is 0.399 e. The van der Waals surface area contributed by atoms with Gasteiger partial charge >= 0.3 is 6.18 Å². The first-order valence-corrected chi connectivity index (χ1v) is 11.2. The molecule has 6 N–H and O–H groups in total. The van der Waals surface area contributed by atoms with Gasteiger partial charge in [-0.25, -0.2) is 4.98 Å². The molecule has 1 aromatic carbocycles. The number of carbonyl (C=O) groups excluding carboxylic acids is 3. The van der Waals surface area contributed by atoms with Gasteiger partial charge < -0.3 is 22.1 Å². The number of rotatable bonds is 7. The lowest BCUT2D eigenvalue weighted by Crippen LogP contribution is -2.35. The molecule has 1 aliphatic carbocycles. The molecule has 2 aromatic heterocycles. The number of pyridine rings is 1. The molecule has 2 unspecified atom stereocenters. The van der Waals surface area contributed by atoms with Gasteiger partial charge in [-0.15, -0.1) is 0 Å². The van der Waals surface area contributed by atoms with Crippen LogP contribution >= 0.6 is 0 Å². The number of fused-ring (bicyclic) bond motifs is 1. The van der Waals surface area contributed by atoms with Crippen LogP contribution in [0.15, 0.2) is 36.4 Å². The molecule has 2 atom stereocenters. The second kappa shape index (κ2) is 9.84. The number of nitrogen functional groups attached to an aromatic ring is 1. The van der Waals surface area contributed by atoms with E-state index in [9.17, 15) is 27.6 Å². The third kappa shape index (κ3) is 5.73. The highest BCUT2D eigenvalue weighted by Gasteiger charge is 2.33. The van der Waals surface area contributed by atoms with Gasteiger partial charge in [0.1, 0.15) is 18.1 Å². The molecule has 190 valence electrons. The Labute approximate surface area is 203 Å². The second-order valence-corrected chi connectivity index (χ2v) is 8.75. The molecule has 0 bridgehead atoms. The lowest BCUT2D eigenvalue weighted by atomic mass is 10.0. The molecule has 0 radical (unpaired) electrons. The molecular formula is C23H24F3N7O3. The van der Waals surface area contributed by atoms with E-state index >= 15 is 0 Å². The minimum atomic E-state index is -4.60. The number of halogens is 3. The number of benzene rings is 1. The van der Waals surface area contributed by atoms with Crippen molar-refractivity contribution in [1.29, 1.82) is 0 Å². The molecule has 0 aliphatic heterocycles. The SMILES string of the molecule is NC(=O)c1nn(CC(=O)NC2CCC(CC(=O)Nc3cccc(C(F)(F)F)n3)C2)c2ccc(N)cc12. The van der Waals surface area contributed by atoms with Crippen LogP contribution in [0.5, 0.6) is 0 Å². The van der Waals surface area contributed by atoms with E-state index in [-0.39, 0.29) is 42.3 Å². The maximum Gasteiger partial charge on any atom is 0.433 e. The molecule has 3 aromatic rings. The van der Waals surface area contributed by atoms with Crippen LogP contribution in [0.1, 0.15) is 41.9 Å². The van der Waals surface area contributed by atoms with Gasteiger partial charge in [-0.2, -0.15) is 18.3 Å². The zero-order chi connectivity index (χ0) is 26.0. The highest BCUT2D eigenvalue weighted by atomic mass is 19.4. The quantitative estimate of drug-likeness (QED) is 0.363. The first-order valence-electron chi connectivity index (χ1n) is 11.2. The van der Waals surface area contributed by atoms with Crippen LogP contribution in [0.4, 0.5) is 24.7 Å². The number of hydrogen-bond acceptors (Lipinski definition) is 6. The van der Waals surface area contributed by atoms with Crippen LogP contribution in [0.2, 0.25) is 0 Å². The van der Waals surface area contributed by atoms with Crippen LogP contribution in [0.25, 0.3) is 10.9 Å². The summed E-state index contributed by atoms with van der Waals surface area (Å²) in [4.78, 5) is 40.1. The molecule has 3 amide bonds. The van der Waals surface area contributed by atoms with Crippen molar-refractivity contribution < 1.29 is 27.6 Å². The third-order valence-electron chi connectivity index (χ3n) is 5.99. The summed E-state index contributed by atoms with van der Waals surface area (Å²) < 4.78 is 39.8. The van der Waals surface area contributed by atoms with Gasteiger partial charge in [0.2, 0.25) is 11.8 Å². The average Bonchev–Trinajstić information content (AvgIpc) is 3.37. The van der Waals surface area contributed by atoms with Gasteiger partial charge in [-0.3, -0.25) is 19.1 Å². The summed E-state index contributed by atoms with van der Waals surface area (Å²) in [6, 6.07) is 7.98. The van der Waals surface area contributed by atoms with Gasteiger partial charge in [0.25, 0.3) is 5.91 Å². The minimum Gasteiger partial charge on any atom is -0.399 e. The maximum absolute atomic E-state index is 12.8. The van der Waals surface area contributed by atoms with Crippen molar-refractivity contribution in [3.05, 3.63) is 47.8 Å². The fraction of sp³-hybridized carbons (Fsp3) is 0.348. The Morgan fingerprint density at radius 3 is 2.61 bits per heavy atom. The molecule has 0 spiro atoms. The number of carbonyl (C=O) groups is 3. The van der Waals surface area contributed by atoms with Gasteiger partial charge in [-0.05, 0) is 55.5 Å². The van der Waals surface area contributed by atoms with Crippen molar-refractivity contribution in [3.8, 4) is 0 Å². The molecule has 10 nitrogen and oxygen atoms in total. The summed E-state index contributed by atoms with van der Waals surface area (Å²) in [6.45, 7) is -0.142. The molecule has 36 heavy (non-hydrogen) atoms. The molecule has 1 saturated carbocycles. The van der Waals surface area contributed by atoms with E-state index in [0.29, 0.717) is 35.9 Å². The van der Waals surface area contributed by atoms with E-state index in [0.717, 1.165) is 6.07 Å². The van der Waals surface area contributed by atoms with E-state index < -0.39 is 23.7 Å². The van der Waals surface area contributed by atoms with Crippen molar-refractivity contribution in [3.63, 3.8) is 0 Å². The molecule has 1 aliphatic rings. The normalized spacial score (nSPS) is 17.8. The average molecular weight is 503 g/mol. The van der Waals surface area contributed by atoms with Crippen molar-refractivity contribution in [2.24, 2.45) is 11.7 Å². The Bertz CT molecular complexity index is 1320. The molecule has 4 rings (SSSR count). The fourth-order valence-corrected chi connectivity index (χ4v) is 4.42. The Kier molecular flexibility index (Phi) is 6.82. The number of alkyl halides is 3. The van der Waals surface area contributed by atoms with Crippen LogP contribution in [-0.2, 0) is 22.3 Å². The number of hydrogen-bond donors (Lipinski definition) is 4. The summed E-state index contributed by atoms with van der Waals surface area (Å²) >= 11 is 0. The monoisotopic (exact) mass is 503 g/mol. The predicted octanol–water partition coefficient (Wildman–Crippen LogP) is 2.44. The Hall–Kier alpha value is -4.16. The van der Waals surface area contributed by atoms with Gasteiger partial charge in [0, 0.05) is 23.5 Å². The van der Waals surface area contributed by atoms with Crippen LogP contribution in [-0.4, -0.2) is 38.5 Å². The number of nitrogens with one attached hydrogen (secondary N) is 2. The zero-order valence-electron chi connectivity index (χ0n) is 19.0. The number of anilines is 2. The summed E-state index contributed by atoms with van der Waals surface area (Å²) in [7, 11) is 0. The van der Waals surface area contributed by atoms with E-state index in [1.807, 2.05) is 0 Å². The van der Waals surface area contributed by atoms with Crippen molar-refractivity contribution in [2.45, 2.75) is 44.4 Å². The summed E-state index contributed by atoms with van der Waals surface area (Å²) in [6.07, 6.45) is -2.65. The second-order valence-electron chi connectivity index (χ2n) is 8.75. The van der Waals surface area contributed by atoms with Crippen LogP contribution < -0.4 is 22.1 Å². The standard InChI is InChI=1S/C23H24F3N7O3/c24-23(25,26)17-2-1-3-18(30-17)31-19(34)9-12-4-6-14(8-12)29-20(35)11-33-16-7-5-13(27)10-15(16)21(32-33)22(28)36/h1-3,5,7,10,12,14H,4,6,8-9,11,27H2,(H2,28,36)(H,29,35)(H,30,31,34). The topological polar surface area (TPSA) is 158 Å². The highest BCUT2D eigenvalue weighted by Crippen LogP contribution is 2.30. The first-order chi connectivity index (χ1) is 17.0. The van der Waals surface area contributed by atoms with Crippen LogP contribution in [0.3, 0.4) is 0 Å². The van der Waals surface area contributed by atoms with Gasteiger partial charge in [0.15, 0.2) is 5.69 Å². The Morgan fingerprint density at radius 1 is 1.11 bits per heavy atom. The number of nitrogens with two attached hydrogens (primary N) is 2. The van der Waals surface area contributed by atoms with Crippen molar-refractivity contribution in [2.75, 3.05) is 11.1 Å². The number of nitrogens with zero attached hydrogens (tertiary/aromatic N) is 3. The number of primary amides is 1. The van der Waals surface area contributed by atoms with Crippen LogP contribution in [0, 0.1) is 5.92 Å². The van der Waals surface area contributed by atoms with E-state index in [2.05, 4.69) is 20.7 Å². The maximum atomic E-state index is 12.8.